The van der Waals surface area contributed by atoms with E-state index in [1.54, 1.807) is 6.07 Å². The molecule has 104 valence electrons. The highest BCUT2D eigenvalue weighted by molar-refractivity contribution is 5.89. The fraction of sp³-hybridized carbons (Fsp3) is 0.200. The summed E-state index contributed by atoms with van der Waals surface area (Å²) in [6, 6.07) is 1.56. The van der Waals surface area contributed by atoms with Gasteiger partial charge in [0.2, 0.25) is 5.91 Å². The Bertz CT molecular complexity index is 598. The zero-order valence-electron chi connectivity index (χ0n) is 10.5. The molecule has 2 N–H and O–H groups in total. The monoisotopic (exact) mass is 277 g/mol. The number of hydrogen-bond donors (Lipinski definition) is 2. The maximum Gasteiger partial charge on any atom is 0.412 e. The van der Waals surface area contributed by atoms with Crippen LogP contribution in [0.2, 0.25) is 0 Å². The van der Waals surface area contributed by atoms with E-state index >= 15 is 0 Å². The molecule has 2 aromatic heterocycles. The minimum Gasteiger partial charge on any atom is -0.453 e. The minimum absolute atomic E-state index is 0.0696. The summed E-state index contributed by atoms with van der Waals surface area (Å²) >= 11 is 0. The van der Waals surface area contributed by atoms with Gasteiger partial charge in [-0.2, -0.15) is 0 Å². The third kappa shape index (κ3) is 3.73. The number of ether oxygens (including phenoxy) is 1. The fourth-order valence-corrected chi connectivity index (χ4v) is 1.28. The molecule has 10 heteroatoms. The topological polar surface area (TPSA) is 124 Å². The van der Waals surface area contributed by atoms with E-state index in [1.807, 2.05) is 0 Å². The molecule has 20 heavy (non-hydrogen) atoms. The number of anilines is 2. The smallest absolute Gasteiger partial charge is 0.412 e. The number of amides is 2. The Morgan fingerprint density at radius 1 is 1.35 bits per heavy atom. The maximum absolute atomic E-state index is 11.7. The van der Waals surface area contributed by atoms with Crippen molar-refractivity contribution in [3.05, 3.63) is 24.8 Å². The van der Waals surface area contributed by atoms with Crippen LogP contribution in [0.15, 0.2) is 24.8 Å². The molecule has 0 atom stereocenters. The lowest BCUT2D eigenvalue weighted by Crippen LogP contribution is -2.19. The Kier molecular flexibility index (Phi) is 4.17. The Morgan fingerprint density at radius 2 is 2.20 bits per heavy atom. The van der Waals surface area contributed by atoms with Crippen LogP contribution in [0, 0.1) is 0 Å². The summed E-state index contributed by atoms with van der Waals surface area (Å²) in [5.74, 6) is 0.239. The van der Waals surface area contributed by atoms with Gasteiger partial charge in [-0.15, -0.1) is 5.10 Å². The number of methoxy groups -OCH3 is 1. The van der Waals surface area contributed by atoms with Crippen molar-refractivity contribution in [2.75, 3.05) is 17.7 Å². The van der Waals surface area contributed by atoms with Crippen LogP contribution < -0.4 is 10.6 Å². The van der Waals surface area contributed by atoms with Gasteiger partial charge in [-0.05, 0) is 6.07 Å². The number of nitrogens with zero attached hydrogens (tertiary/aromatic N) is 5. The van der Waals surface area contributed by atoms with Crippen LogP contribution in [-0.2, 0) is 16.1 Å². The van der Waals surface area contributed by atoms with Crippen molar-refractivity contribution in [1.29, 1.82) is 0 Å². The predicted octanol–water partition coefficient (Wildman–Crippen LogP) is -0.115. The van der Waals surface area contributed by atoms with Crippen LogP contribution in [-0.4, -0.2) is 44.1 Å². The number of aromatic nitrogens is 5. The molecular formula is C10H11N7O3. The highest BCUT2D eigenvalue weighted by Gasteiger charge is 2.08. The van der Waals surface area contributed by atoms with Crippen molar-refractivity contribution >= 4 is 23.6 Å². The molecular weight excluding hydrogens is 266 g/mol. The molecule has 0 unspecified atom stereocenters. The lowest BCUT2D eigenvalue weighted by Gasteiger charge is -2.02. The molecule has 10 nitrogen and oxygen atoms in total. The average Bonchev–Trinajstić information content (AvgIpc) is 2.86. The Labute approximate surface area is 113 Å². The van der Waals surface area contributed by atoms with E-state index in [2.05, 4.69) is 35.7 Å². The third-order valence-corrected chi connectivity index (χ3v) is 2.11. The Morgan fingerprint density at radius 3 is 2.90 bits per heavy atom. The first-order chi connectivity index (χ1) is 9.67. The summed E-state index contributed by atoms with van der Waals surface area (Å²) < 4.78 is 5.67. The van der Waals surface area contributed by atoms with Crippen molar-refractivity contribution in [2.45, 2.75) is 6.54 Å². The number of nitrogens with one attached hydrogen (secondary N) is 2. The van der Waals surface area contributed by atoms with Crippen molar-refractivity contribution in [2.24, 2.45) is 0 Å². The second kappa shape index (κ2) is 6.22. The molecule has 0 radical (unpaired) electrons. The second-order valence-corrected chi connectivity index (χ2v) is 3.56. The van der Waals surface area contributed by atoms with Crippen LogP contribution >= 0.6 is 0 Å². The number of carbonyl (C=O) groups is 2. The van der Waals surface area contributed by atoms with Crippen LogP contribution in [0.3, 0.4) is 0 Å². The number of carbonyl (C=O) groups excluding carboxylic acids is 2. The molecule has 0 aliphatic rings. The minimum atomic E-state index is -0.664. The van der Waals surface area contributed by atoms with Gasteiger partial charge in [-0.25, -0.2) is 19.4 Å². The molecule has 0 saturated carbocycles. The molecule has 2 heterocycles. The highest BCUT2D eigenvalue weighted by Crippen LogP contribution is 2.02. The Balaban J connectivity index is 1.90. The van der Waals surface area contributed by atoms with Gasteiger partial charge < -0.3 is 10.1 Å². The molecule has 2 aromatic rings. The van der Waals surface area contributed by atoms with Gasteiger partial charge in [0, 0.05) is 6.20 Å². The molecule has 2 rings (SSSR count). The quantitative estimate of drug-likeness (QED) is 0.798. The van der Waals surface area contributed by atoms with Crippen molar-refractivity contribution in [3.8, 4) is 0 Å². The van der Waals surface area contributed by atoms with Gasteiger partial charge >= 0.3 is 6.09 Å². The summed E-state index contributed by atoms with van der Waals surface area (Å²) in [6.45, 7) is -0.0696. The number of rotatable bonds is 4. The van der Waals surface area contributed by atoms with Crippen LogP contribution in [0.25, 0.3) is 0 Å². The third-order valence-electron chi connectivity index (χ3n) is 2.11. The normalized spacial score (nSPS) is 9.85. The largest absolute Gasteiger partial charge is 0.453 e. The van der Waals surface area contributed by atoms with Gasteiger partial charge in [-0.1, -0.05) is 5.21 Å². The maximum atomic E-state index is 11.7. The first-order valence-corrected chi connectivity index (χ1v) is 5.48. The summed E-state index contributed by atoms with van der Waals surface area (Å²) in [5, 5.41) is 12.2. The molecule has 0 saturated heterocycles. The fourth-order valence-electron chi connectivity index (χ4n) is 1.28. The standard InChI is InChI=1S/C10H11N7O3/c1-20-10(19)14-8-4-17(16-15-8)5-9(18)13-7-2-3-11-6-12-7/h2-4,6H,5H2,1H3,(H,14,19)(H,11,12,13,18). The summed E-state index contributed by atoms with van der Waals surface area (Å²) in [4.78, 5) is 30.2. The predicted molar refractivity (Wildman–Crippen MR) is 66.7 cm³/mol. The molecule has 0 aliphatic heterocycles. The molecule has 0 aromatic carbocycles. The van der Waals surface area contributed by atoms with Gasteiger partial charge in [0.15, 0.2) is 5.82 Å². The molecule has 0 spiro atoms. The second-order valence-electron chi connectivity index (χ2n) is 3.56. The molecule has 0 aliphatic carbocycles. The number of hydrogen-bond acceptors (Lipinski definition) is 7. The summed E-state index contributed by atoms with van der Waals surface area (Å²) in [5.41, 5.74) is 0. The zero-order valence-corrected chi connectivity index (χ0v) is 10.5. The van der Waals surface area contributed by atoms with Gasteiger partial charge in [0.05, 0.1) is 13.3 Å². The summed E-state index contributed by atoms with van der Waals surface area (Å²) in [7, 11) is 1.23. The van der Waals surface area contributed by atoms with E-state index in [1.165, 1.54) is 30.5 Å². The lowest BCUT2D eigenvalue weighted by molar-refractivity contribution is -0.116. The van der Waals surface area contributed by atoms with Gasteiger partial charge in [-0.3, -0.25) is 10.1 Å². The van der Waals surface area contributed by atoms with E-state index in [0.29, 0.717) is 5.82 Å². The average molecular weight is 277 g/mol. The molecule has 0 fully saturated rings. The first kappa shape index (κ1) is 13.4. The van der Waals surface area contributed by atoms with Gasteiger partial charge in [0.1, 0.15) is 18.7 Å². The van der Waals surface area contributed by atoms with E-state index < -0.39 is 6.09 Å². The summed E-state index contributed by atoms with van der Waals surface area (Å²) in [6.07, 6.45) is 3.57. The van der Waals surface area contributed by atoms with Crippen LogP contribution in [0.1, 0.15) is 0 Å². The van der Waals surface area contributed by atoms with E-state index in [4.69, 9.17) is 0 Å². The van der Waals surface area contributed by atoms with Crippen molar-refractivity contribution in [3.63, 3.8) is 0 Å². The zero-order chi connectivity index (χ0) is 14.4. The van der Waals surface area contributed by atoms with E-state index in [9.17, 15) is 9.59 Å². The highest BCUT2D eigenvalue weighted by atomic mass is 16.5. The van der Waals surface area contributed by atoms with Gasteiger partial charge in [0.25, 0.3) is 0 Å². The van der Waals surface area contributed by atoms with E-state index in [-0.39, 0.29) is 18.3 Å². The van der Waals surface area contributed by atoms with Crippen molar-refractivity contribution < 1.29 is 14.3 Å². The van der Waals surface area contributed by atoms with E-state index in [0.717, 1.165) is 0 Å². The van der Waals surface area contributed by atoms with Crippen LogP contribution in [0.5, 0.6) is 0 Å². The Hall–Kier alpha value is -3.04. The molecule has 0 bridgehead atoms. The van der Waals surface area contributed by atoms with Crippen molar-refractivity contribution in [1.82, 2.24) is 25.0 Å². The molecule has 2 amide bonds. The SMILES string of the molecule is COC(=O)Nc1cn(CC(=O)Nc2ccncn2)nn1. The first-order valence-electron chi connectivity index (χ1n) is 5.48. The van der Waals surface area contributed by atoms with Crippen LogP contribution in [0.4, 0.5) is 16.4 Å². The lowest BCUT2D eigenvalue weighted by atomic mass is 10.5.